The molecule has 0 bridgehead atoms. The van der Waals surface area contributed by atoms with Gasteiger partial charge >= 0.3 is 0 Å². The Morgan fingerprint density at radius 1 is 1.30 bits per heavy atom. The van der Waals surface area contributed by atoms with E-state index in [4.69, 9.17) is 10.00 Å². The monoisotopic (exact) mass is 316 g/mol. The van der Waals surface area contributed by atoms with E-state index in [9.17, 15) is 4.79 Å². The number of hydrogen-bond donors (Lipinski definition) is 0. The van der Waals surface area contributed by atoms with E-state index in [0.717, 1.165) is 24.2 Å². The van der Waals surface area contributed by atoms with Gasteiger partial charge in [-0.3, -0.25) is 4.79 Å². The second kappa shape index (κ2) is 9.89. The second-order valence-electron chi connectivity index (χ2n) is 5.76. The van der Waals surface area contributed by atoms with Crippen LogP contribution < -0.4 is 4.74 Å². The van der Waals surface area contributed by atoms with Crippen LogP contribution in [0.5, 0.6) is 5.75 Å². The zero-order valence-electron chi connectivity index (χ0n) is 14.8. The highest BCUT2D eigenvalue weighted by Gasteiger charge is 2.19. The van der Waals surface area contributed by atoms with E-state index in [1.165, 1.54) is 0 Å². The van der Waals surface area contributed by atoms with Crippen molar-refractivity contribution in [2.24, 2.45) is 5.92 Å². The topological polar surface area (TPSA) is 53.3 Å². The largest absolute Gasteiger partial charge is 0.494 e. The van der Waals surface area contributed by atoms with Crippen LogP contribution in [0.2, 0.25) is 0 Å². The van der Waals surface area contributed by atoms with Crippen LogP contribution in [-0.4, -0.2) is 30.5 Å². The lowest BCUT2D eigenvalue weighted by Gasteiger charge is -2.26. The van der Waals surface area contributed by atoms with Crippen molar-refractivity contribution in [2.45, 2.75) is 47.0 Å². The standard InChI is InChI=1S/C19H28N2O2/c1-5-16(6-2)14-21(12-8-11-20)19(22)17-9-10-18(23-7-3)15(4)13-17/h9-10,13,16H,5-8,12,14H2,1-4H3. The first-order valence-electron chi connectivity index (χ1n) is 8.46. The predicted molar refractivity (Wildman–Crippen MR) is 92.6 cm³/mol. The van der Waals surface area contributed by atoms with Gasteiger partial charge in [-0.05, 0) is 43.5 Å². The summed E-state index contributed by atoms with van der Waals surface area (Å²) in [5.74, 6) is 1.28. The summed E-state index contributed by atoms with van der Waals surface area (Å²) < 4.78 is 5.53. The molecule has 0 aliphatic heterocycles. The molecule has 23 heavy (non-hydrogen) atoms. The second-order valence-corrected chi connectivity index (χ2v) is 5.76. The number of rotatable bonds is 9. The van der Waals surface area contributed by atoms with Crippen LogP contribution in [-0.2, 0) is 0 Å². The van der Waals surface area contributed by atoms with Crippen LogP contribution in [0.15, 0.2) is 18.2 Å². The normalized spacial score (nSPS) is 10.4. The molecule has 0 heterocycles. The van der Waals surface area contributed by atoms with Gasteiger partial charge in [-0.2, -0.15) is 5.26 Å². The SMILES string of the molecule is CCOc1ccc(C(=O)N(CCC#N)CC(CC)CC)cc1C. The van der Waals surface area contributed by atoms with Gasteiger partial charge < -0.3 is 9.64 Å². The fourth-order valence-corrected chi connectivity index (χ4v) is 2.60. The molecule has 0 N–H and O–H groups in total. The van der Waals surface area contributed by atoms with Gasteiger partial charge in [-0.1, -0.05) is 26.7 Å². The third-order valence-electron chi connectivity index (χ3n) is 4.14. The van der Waals surface area contributed by atoms with Crippen LogP contribution in [0.3, 0.4) is 0 Å². The molecular weight excluding hydrogens is 288 g/mol. The molecule has 0 atom stereocenters. The van der Waals surface area contributed by atoms with Gasteiger partial charge in [0.05, 0.1) is 19.1 Å². The molecule has 4 heteroatoms. The van der Waals surface area contributed by atoms with Gasteiger partial charge in [0.15, 0.2) is 0 Å². The summed E-state index contributed by atoms with van der Waals surface area (Å²) in [6.07, 6.45) is 2.44. The van der Waals surface area contributed by atoms with Gasteiger partial charge in [0.2, 0.25) is 0 Å². The number of ether oxygens (including phenoxy) is 1. The third-order valence-corrected chi connectivity index (χ3v) is 4.14. The quantitative estimate of drug-likeness (QED) is 0.686. The first-order valence-corrected chi connectivity index (χ1v) is 8.46. The summed E-state index contributed by atoms with van der Waals surface area (Å²) in [4.78, 5) is 14.6. The summed E-state index contributed by atoms with van der Waals surface area (Å²) in [6.45, 7) is 9.97. The Morgan fingerprint density at radius 2 is 2.00 bits per heavy atom. The van der Waals surface area contributed by atoms with Gasteiger partial charge in [-0.15, -0.1) is 0 Å². The van der Waals surface area contributed by atoms with Crippen LogP contribution in [0.4, 0.5) is 0 Å². The van der Waals surface area contributed by atoms with Crippen molar-refractivity contribution in [1.82, 2.24) is 4.90 Å². The Labute approximate surface area is 140 Å². The van der Waals surface area contributed by atoms with Crippen molar-refractivity contribution in [3.63, 3.8) is 0 Å². The average Bonchev–Trinajstić information content (AvgIpc) is 2.56. The summed E-state index contributed by atoms with van der Waals surface area (Å²) in [5.41, 5.74) is 1.62. The highest BCUT2D eigenvalue weighted by molar-refractivity contribution is 5.94. The number of nitrogens with zero attached hydrogens (tertiary/aromatic N) is 2. The average molecular weight is 316 g/mol. The Kier molecular flexibility index (Phi) is 8.18. The molecule has 0 aliphatic carbocycles. The first kappa shape index (κ1) is 19.0. The molecule has 1 aromatic carbocycles. The first-order chi connectivity index (χ1) is 11.1. The Morgan fingerprint density at radius 3 is 2.52 bits per heavy atom. The van der Waals surface area contributed by atoms with Crippen molar-refractivity contribution in [2.75, 3.05) is 19.7 Å². The number of carbonyl (C=O) groups is 1. The Bertz CT molecular complexity index is 545. The van der Waals surface area contributed by atoms with Crippen molar-refractivity contribution in [1.29, 1.82) is 5.26 Å². The molecule has 1 rings (SSSR count). The molecule has 1 aromatic rings. The van der Waals surface area contributed by atoms with E-state index >= 15 is 0 Å². The maximum atomic E-state index is 12.8. The minimum Gasteiger partial charge on any atom is -0.494 e. The fourth-order valence-electron chi connectivity index (χ4n) is 2.60. The van der Waals surface area contributed by atoms with Gasteiger partial charge in [0, 0.05) is 18.7 Å². The number of hydrogen-bond acceptors (Lipinski definition) is 3. The zero-order valence-corrected chi connectivity index (χ0v) is 14.8. The summed E-state index contributed by atoms with van der Waals surface area (Å²) >= 11 is 0. The van der Waals surface area contributed by atoms with E-state index < -0.39 is 0 Å². The predicted octanol–water partition coefficient (Wildman–Crippen LogP) is 4.19. The smallest absolute Gasteiger partial charge is 0.253 e. The molecule has 0 aliphatic rings. The van der Waals surface area contributed by atoms with E-state index in [0.29, 0.717) is 37.6 Å². The van der Waals surface area contributed by atoms with Crippen LogP contribution in [0, 0.1) is 24.2 Å². The molecule has 0 spiro atoms. The lowest BCUT2D eigenvalue weighted by atomic mass is 10.0. The van der Waals surface area contributed by atoms with E-state index in [-0.39, 0.29) is 5.91 Å². The lowest BCUT2D eigenvalue weighted by molar-refractivity contribution is 0.0728. The molecule has 4 nitrogen and oxygen atoms in total. The molecule has 126 valence electrons. The van der Waals surface area contributed by atoms with Crippen molar-refractivity contribution < 1.29 is 9.53 Å². The zero-order chi connectivity index (χ0) is 17.2. The van der Waals surface area contributed by atoms with Crippen LogP contribution in [0.25, 0.3) is 0 Å². The van der Waals surface area contributed by atoms with Crippen LogP contribution in [0.1, 0.15) is 56.0 Å². The molecule has 0 fully saturated rings. The van der Waals surface area contributed by atoms with E-state index in [1.807, 2.05) is 36.9 Å². The van der Waals surface area contributed by atoms with Gasteiger partial charge in [-0.25, -0.2) is 0 Å². The number of carbonyl (C=O) groups excluding carboxylic acids is 1. The molecule has 0 saturated carbocycles. The summed E-state index contributed by atoms with van der Waals surface area (Å²) in [6, 6.07) is 7.68. The fraction of sp³-hybridized carbons (Fsp3) is 0.579. The Hall–Kier alpha value is -2.02. The van der Waals surface area contributed by atoms with E-state index in [2.05, 4.69) is 19.9 Å². The van der Waals surface area contributed by atoms with Crippen molar-refractivity contribution in [3.8, 4) is 11.8 Å². The number of nitriles is 1. The number of amides is 1. The number of aryl methyl sites for hydroxylation is 1. The molecule has 1 amide bonds. The lowest BCUT2D eigenvalue weighted by Crippen LogP contribution is -2.36. The van der Waals surface area contributed by atoms with Crippen LogP contribution >= 0.6 is 0 Å². The minimum absolute atomic E-state index is 0.00158. The molecule has 0 aromatic heterocycles. The van der Waals surface area contributed by atoms with Crippen molar-refractivity contribution >= 4 is 5.91 Å². The molecule has 0 radical (unpaired) electrons. The highest BCUT2D eigenvalue weighted by atomic mass is 16.5. The summed E-state index contributed by atoms with van der Waals surface area (Å²) in [7, 11) is 0. The highest BCUT2D eigenvalue weighted by Crippen LogP contribution is 2.21. The Balaban J connectivity index is 2.94. The maximum Gasteiger partial charge on any atom is 0.253 e. The van der Waals surface area contributed by atoms with Gasteiger partial charge in [0.25, 0.3) is 5.91 Å². The van der Waals surface area contributed by atoms with E-state index in [1.54, 1.807) is 0 Å². The maximum absolute atomic E-state index is 12.8. The summed E-state index contributed by atoms with van der Waals surface area (Å²) in [5, 5.41) is 8.85. The molecule has 0 saturated heterocycles. The number of benzene rings is 1. The van der Waals surface area contributed by atoms with Gasteiger partial charge in [0.1, 0.15) is 5.75 Å². The molecular formula is C19H28N2O2. The minimum atomic E-state index is -0.00158. The third kappa shape index (κ3) is 5.59. The van der Waals surface area contributed by atoms with Crippen molar-refractivity contribution in [3.05, 3.63) is 29.3 Å². The molecule has 0 unspecified atom stereocenters.